The van der Waals surface area contributed by atoms with Crippen LogP contribution in [0.15, 0.2) is 18.2 Å². The zero-order valence-electron chi connectivity index (χ0n) is 11.6. The van der Waals surface area contributed by atoms with Gasteiger partial charge >= 0.3 is 5.97 Å². The molecule has 0 aromatic heterocycles. The number of nitrogens with zero attached hydrogens (tertiary/aromatic N) is 2. The first kappa shape index (κ1) is 14.2. The first-order valence-corrected chi connectivity index (χ1v) is 6.44. The van der Waals surface area contributed by atoms with Crippen molar-refractivity contribution in [2.45, 2.75) is 0 Å². The Balaban J connectivity index is 2.09. The van der Waals surface area contributed by atoms with Crippen molar-refractivity contribution in [3.05, 3.63) is 23.8 Å². The van der Waals surface area contributed by atoms with Gasteiger partial charge in [-0.25, -0.2) is 4.79 Å². The summed E-state index contributed by atoms with van der Waals surface area (Å²) < 4.78 is 4.59. The van der Waals surface area contributed by atoms with Gasteiger partial charge in [-0.3, -0.25) is 4.79 Å². The fourth-order valence-electron chi connectivity index (χ4n) is 2.28. The van der Waals surface area contributed by atoms with Crippen LogP contribution in [0.5, 0.6) is 5.75 Å². The third-order valence-electron chi connectivity index (χ3n) is 3.48. The molecule has 7 heteroatoms. The Morgan fingerprint density at radius 1 is 1.25 bits per heavy atom. The largest absolute Gasteiger partial charge is 0.507 e. The van der Waals surface area contributed by atoms with E-state index in [9.17, 15) is 14.7 Å². The predicted octanol–water partition coefficient (Wildman–Crippen LogP) is 0.0539. The lowest BCUT2D eigenvalue weighted by atomic mass is 10.1. The third-order valence-corrected chi connectivity index (χ3v) is 3.48. The van der Waals surface area contributed by atoms with E-state index in [0.29, 0.717) is 26.2 Å². The molecule has 1 amide bonds. The molecule has 1 aliphatic heterocycles. The smallest absolute Gasteiger partial charge is 0.341 e. The van der Waals surface area contributed by atoms with E-state index < -0.39 is 5.97 Å². The second-order valence-electron chi connectivity index (χ2n) is 4.69. The van der Waals surface area contributed by atoms with Crippen LogP contribution in [-0.2, 0) is 4.74 Å². The van der Waals surface area contributed by atoms with Gasteiger partial charge in [0.25, 0.3) is 0 Å². The monoisotopic (exact) mass is 276 g/mol. The number of phenols is 1. The fourth-order valence-corrected chi connectivity index (χ4v) is 2.28. The van der Waals surface area contributed by atoms with E-state index in [2.05, 4.69) is 9.64 Å². The van der Waals surface area contributed by atoms with Crippen LogP contribution in [0, 0.1) is 0 Å². The lowest BCUT2D eigenvalue weighted by molar-refractivity contribution is 0.0597. The maximum Gasteiger partial charge on any atom is 0.341 e. The molecule has 1 N–H and O–H groups in total. The minimum absolute atomic E-state index is 0.0773. The lowest BCUT2D eigenvalue weighted by Gasteiger charge is -2.36. The number of phenolic OH excluding ortho intramolecular Hbond substituents is 1. The standard InChI is InChI=1S/C13H17BN2O4/c1-20-12(18)10-3-2-9(8-11(10)17)15-4-6-16(7-5-15)13(14)19/h2-3,8,17H,4-7,14H2,1H3. The fraction of sp³-hybridized carbons (Fsp3) is 0.385. The average Bonchev–Trinajstić information content (AvgIpc) is 2.46. The van der Waals surface area contributed by atoms with E-state index in [1.54, 1.807) is 30.9 Å². The van der Waals surface area contributed by atoms with E-state index in [0.717, 1.165) is 5.69 Å². The van der Waals surface area contributed by atoms with E-state index in [1.165, 1.54) is 7.11 Å². The molecule has 1 aromatic carbocycles. The van der Waals surface area contributed by atoms with Crippen molar-refractivity contribution in [2.24, 2.45) is 0 Å². The van der Waals surface area contributed by atoms with Gasteiger partial charge in [-0.2, -0.15) is 0 Å². The summed E-state index contributed by atoms with van der Waals surface area (Å²) in [6.07, 6.45) is 0. The minimum Gasteiger partial charge on any atom is -0.507 e. The summed E-state index contributed by atoms with van der Waals surface area (Å²) in [6, 6.07) is 4.87. The molecule has 0 unspecified atom stereocenters. The van der Waals surface area contributed by atoms with Crippen molar-refractivity contribution in [2.75, 3.05) is 38.2 Å². The molecule has 1 saturated heterocycles. The van der Waals surface area contributed by atoms with E-state index >= 15 is 0 Å². The van der Waals surface area contributed by atoms with Crippen molar-refractivity contribution in [1.82, 2.24) is 4.90 Å². The minimum atomic E-state index is -0.560. The highest BCUT2D eigenvalue weighted by Crippen LogP contribution is 2.26. The molecule has 0 aliphatic carbocycles. The molecule has 0 atom stereocenters. The lowest BCUT2D eigenvalue weighted by Crippen LogP contribution is -2.48. The number of ether oxygens (including phenoxy) is 1. The summed E-state index contributed by atoms with van der Waals surface area (Å²) in [6.45, 7) is 2.73. The molecule has 1 aromatic rings. The maximum absolute atomic E-state index is 11.4. The second-order valence-corrected chi connectivity index (χ2v) is 4.69. The highest BCUT2D eigenvalue weighted by molar-refractivity contribution is 6.56. The van der Waals surface area contributed by atoms with Gasteiger partial charge in [0, 0.05) is 37.9 Å². The second kappa shape index (κ2) is 5.86. The number of anilines is 1. The molecule has 0 saturated carbocycles. The van der Waals surface area contributed by atoms with Crippen LogP contribution < -0.4 is 4.90 Å². The molecule has 0 spiro atoms. The number of hydrogen-bond acceptors (Lipinski definition) is 5. The summed E-state index contributed by atoms with van der Waals surface area (Å²) in [4.78, 5) is 26.5. The van der Waals surface area contributed by atoms with E-state index in [4.69, 9.17) is 0 Å². The molecule has 0 radical (unpaired) electrons. The van der Waals surface area contributed by atoms with Gasteiger partial charge in [-0.1, -0.05) is 0 Å². The van der Waals surface area contributed by atoms with Crippen molar-refractivity contribution >= 4 is 25.3 Å². The number of aromatic hydroxyl groups is 1. The van der Waals surface area contributed by atoms with Crippen LogP contribution in [0.1, 0.15) is 10.4 Å². The first-order valence-electron chi connectivity index (χ1n) is 6.44. The Bertz CT molecular complexity index is 527. The van der Waals surface area contributed by atoms with E-state index in [1.807, 2.05) is 0 Å². The number of carbonyl (C=O) groups excluding carboxylic acids is 2. The topological polar surface area (TPSA) is 70.1 Å². The Morgan fingerprint density at radius 2 is 1.90 bits per heavy atom. The van der Waals surface area contributed by atoms with E-state index in [-0.39, 0.29) is 17.1 Å². The molecule has 6 nitrogen and oxygen atoms in total. The van der Waals surface area contributed by atoms with Gasteiger partial charge in [0.2, 0.25) is 7.85 Å². The maximum atomic E-state index is 11.4. The molecular weight excluding hydrogens is 259 g/mol. The number of carbonyl (C=O) groups is 2. The number of esters is 1. The van der Waals surface area contributed by atoms with Gasteiger partial charge in [0.05, 0.1) is 7.11 Å². The average molecular weight is 276 g/mol. The number of amides is 1. The van der Waals surface area contributed by atoms with Crippen molar-refractivity contribution in [3.63, 3.8) is 0 Å². The zero-order valence-corrected chi connectivity index (χ0v) is 11.6. The van der Waals surface area contributed by atoms with Crippen LogP contribution in [0.3, 0.4) is 0 Å². The Kier molecular flexibility index (Phi) is 4.17. The number of benzene rings is 1. The molecule has 106 valence electrons. The van der Waals surface area contributed by atoms with Gasteiger partial charge in [-0.15, -0.1) is 0 Å². The molecule has 1 aliphatic rings. The van der Waals surface area contributed by atoms with Crippen LogP contribution in [-0.4, -0.2) is 62.9 Å². The van der Waals surface area contributed by atoms with Gasteiger partial charge in [0.15, 0.2) is 5.81 Å². The van der Waals surface area contributed by atoms with Crippen LogP contribution in [0.4, 0.5) is 10.5 Å². The highest BCUT2D eigenvalue weighted by Gasteiger charge is 2.20. The molecule has 2 rings (SSSR count). The molecular formula is C13H17BN2O4. The summed E-state index contributed by atoms with van der Waals surface area (Å²) in [5.41, 5.74) is 0.983. The van der Waals surface area contributed by atoms with Crippen molar-refractivity contribution in [1.29, 1.82) is 0 Å². The predicted molar refractivity (Wildman–Crippen MR) is 77.2 cm³/mol. The summed E-state index contributed by atoms with van der Waals surface area (Å²) in [5.74, 6) is -0.577. The number of hydrogen-bond donors (Lipinski definition) is 1. The summed E-state index contributed by atoms with van der Waals surface area (Å²) >= 11 is 0. The third kappa shape index (κ3) is 2.87. The number of piperazine rings is 1. The van der Waals surface area contributed by atoms with Crippen molar-refractivity contribution < 1.29 is 19.4 Å². The first-order chi connectivity index (χ1) is 9.52. The Hall–Kier alpha value is -2.18. The zero-order chi connectivity index (χ0) is 14.7. The SMILES string of the molecule is BC(=O)N1CCN(c2ccc(C(=O)OC)c(O)c2)CC1. The Morgan fingerprint density at radius 3 is 2.40 bits per heavy atom. The quantitative estimate of drug-likeness (QED) is 0.610. The van der Waals surface area contributed by atoms with Crippen LogP contribution in [0.25, 0.3) is 0 Å². The Labute approximate surface area is 118 Å². The van der Waals surface area contributed by atoms with Gasteiger partial charge < -0.3 is 19.6 Å². The number of rotatable bonds is 2. The molecule has 20 heavy (non-hydrogen) atoms. The van der Waals surface area contributed by atoms with Crippen LogP contribution >= 0.6 is 0 Å². The van der Waals surface area contributed by atoms with Gasteiger partial charge in [-0.05, 0) is 12.1 Å². The van der Waals surface area contributed by atoms with Crippen molar-refractivity contribution in [3.8, 4) is 5.75 Å². The van der Waals surface area contributed by atoms with Crippen LogP contribution in [0.2, 0.25) is 0 Å². The molecule has 1 heterocycles. The summed E-state index contributed by atoms with van der Waals surface area (Å²) in [5, 5.41) is 9.87. The molecule has 1 fully saturated rings. The van der Waals surface area contributed by atoms with Gasteiger partial charge in [0.1, 0.15) is 11.3 Å². The highest BCUT2D eigenvalue weighted by atomic mass is 16.5. The molecule has 0 bridgehead atoms. The normalized spacial score (nSPS) is 15.1. The number of methoxy groups -OCH3 is 1. The summed E-state index contributed by atoms with van der Waals surface area (Å²) in [7, 11) is 2.84.